The quantitative estimate of drug-likeness (QED) is 0.0570. The lowest BCUT2D eigenvalue weighted by molar-refractivity contribution is -0.135. The first-order valence-corrected chi connectivity index (χ1v) is 21.1. The number of esters is 2. The molecule has 0 fully saturated rings. The molecule has 0 saturated heterocycles. The van der Waals surface area contributed by atoms with E-state index in [0.717, 1.165) is 38.5 Å². The van der Waals surface area contributed by atoms with Crippen LogP contribution in [0.4, 0.5) is 0 Å². The van der Waals surface area contributed by atoms with Crippen molar-refractivity contribution in [3.05, 3.63) is 69.0 Å². The van der Waals surface area contributed by atoms with Crippen LogP contribution in [-0.4, -0.2) is 11.9 Å². The van der Waals surface area contributed by atoms with Crippen LogP contribution >= 0.6 is 0 Å². The minimum absolute atomic E-state index is 0.0152. The number of hydrogen-bond donors (Lipinski definition) is 0. The van der Waals surface area contributed by atoms with Gasteiger partial charge in [-0.1, -0.05) is 192 Å². The van der Waals surface area contributed by atoms with Crippen LogP contribution in [0.2, 0.25) is 0 Å². The van der Waals surface area contributed by atoms with Crippen molar-refractivity contribution in [2.75, 3.05) is 0 Å². The first-order valence-electron chi connectivity index (χ1n) is 21.1. The monoisotopic (exact) mass is 719 g/mol. The molecule has 2 aromatic carbocycles. The first-order chi connectivity index (χ1) is 25.4. The SMILES string of the molecule is CCCCCCCCCCCCCCCC(=O)Oc1ccc(-c2ccc(OC(=O)CCCCCCCCCCCCCCC)c(=O)cc2)ccc1=O. The largest absolute Gasteiger partial charge is 0.422 e. The predicted molar refractivity (Wildman–Crippen MR) is 216 cm³/mol. The van der Waals surface area contributed by atoms with E-state index in [1.165, 1.54) is 153 Å². The second-order valence-electron chi connectivity index (χ2n) is 14.6. The molecule has 290 valence electrons. The summed E-state index contributed by atoms with van der Waals surface area (Å²) in [5.74, 6) is -0.835. The number of rotatable bonds is 31. The van der Waals surface area contributed by atoms with Crippen molar-refractivity contribution in [3.63, 3.8) is 0 Å². The fraction of sp³-hybridized carbons (Fsp3) is 0.652. The Morgan fingerprint density at radius 1 is 0.365 bits per heavy atom. The van der Waals surface area contributed by atoms with Crippen LogP contribution in [0.5, 0.6) is 11.5 Å². The van der Waals surface area contributed by atoms with Crippen LogP contribution in [0.15, 0.2) is 58.1 Å². The summed E-state index contributed by atoms with van der Waals surface area (Å²) in [6.45, 7) is 4.50. The Balaban J connectivity index is 1.68. The van der Waals surface area contributed by atoms with Gasteiger partial charge in [0.1, 0.15) is 0 Å². The average Bonchev–Trinajstić information content (AvgIpc) is 3.43. The van der Waals surface area contributed by atoms with Gasteiger partial charge in [-0.15, -0.1) is 0 Å². The topological polar surface area (TPSA) is 86.7 Å². The van der Waals surface area contributed by atoms with Crippen molar-refractivity contribution < 1.29 is 19.1 Å². The summed E-state index contributed by atoms with van der Waals surface area (Å²) >= 11 is 0. The smallest absolute Gasteiger partial charge is 0.311 e. The van der Waals surface area contributed by atoms with Gasteiger partial charge in [-0.25, -0.2) is 0 Å². The molecular formula is C46H70O6. The summed E-state index contributed by atoms with van der Waals surface area (Å²) in [5.41, 5.74) is 0.543. The fourth-order valence-electron chi connectivity index (χ4n) is 6.58. The van der Waals surface area contributed by atoms with Gasteiger partial charge in [-0.2, -0.15) is 0 Å². The van der Waals surface area contributed by atoms with E-state index in [9.17, 15) is 19.2 Å². The highest BCUT2D eigenvalue weighted by molar-refractivity contribution is 5.73. The zero-order valence-corrected chi connectivity index (χ0v) is 32.9. The van der Waals surface area contributed by atoms with E-state index >= 15 is 0 Å². The third kappa shape index (κ3) is 21.9. The fourth-order valence-corrected chi connectivity index (χ4v) is 6.58. The molecule has 6 heteroatoms. The van der Waals surface area contributed by atoms with Crippen molar-refractivity contribution >= 4 is 11.9 Å². The summed E-state index contributed by atoms with van der Waals surface area (Å²) in [4.78, 5) is 50.3. The van der Waals surface area contributed by atoms with Gasteiger partial charge in [-0.05, 0) is 48.2 Å². The summed E-state index contributed by atoms with van der Waals surface area (Å²) in [6.07, 6.45) is 32.6. The Hall–Kier alpha value is -3.28. The van der Waals surface area contributed by atoms with Gasteiger partial charge in [0.05, 0.1) is 0 Å². The minimum Gasteiger partial charge on any atom is -0.422 e. The molecule has 0 bridgehead atoms. The molecule has 0 aliphatic carbocycles. The summed E-state index contributed by atoms with van der Waals surface area (Å²) in [7, 11) is 0. The van der Waals surface area contributed by atoms with Gasteiger partial charge < -0.3 is 9.47 Å². The van der Waals surface area contributed by atoms with E-state index in [1.807, 2.05) is 0 Å². The highest BCUT2D eigenvalue weighted by Gasteiger charge is 2.10. The maximum absolute atomic E-state index is 12.7. The predicted octanol–water partition coefficient (Wildman–Crippen LogP) is 12.8. The van der Waals surface area contributed by atoms with Crippen LogP contribution < -0.4 is 20.3 Å². The molecular weight excluding hydrogens is 649 g/mol. The van der Waals surface area contributed by atoms with Gasteiger partial charge in [-0.3, -0.25) is 19.2 Å². The molecule has 2 rings (SSSR count). The lowest BCUT2D eigenvalue weighted by Gasteiger charge is -2.04. The van der Waals surface area contributed by atoms with Gasteiger partial charge >= 0.3 is 11.9 Å². The highest BCUT2D eigenvalue weighted by atomic mass is 16.5. The van der Waals surface area contributed by atoms with E-state index in [0.29, 0.717) is 11.1 Å². The molecule has 52 heavy (non-hydrogen) atoms. The van der Waals surface area contributed by atoms with Crippen molar-refractivity contribution in [2.24, 2.45) is 0 Å². The Morgan fingerprint density at radius 2 is 0.615 bits per heavy atom. The molecule has 6 nitrogen and oxygen atoms in total. The number of hydrogen-bond acceptors (Lipinski definition) is 6. The second-order valence-corrected chi connectivity index (χ2v) is 14.6. The van der Waals surface area contributed by atoms with Crippen molar-refractivity contribution in [2.45, 2.75) is 194 Å². The van der Waals surface area contributed by atoms with E-state index in [1.54, 1.807) is 24.3 Å². The maximum atomic E-state index is 12.7. The zero-order valence-electron chi connectivity index (χ0n) is 32.9. The molecule has 2 aromatic rings. The Morgan fingerprint density at radius 3 is 0.904 bits per heavy atom. The summed E-state index contributed by atoms with van der Waals surface area (Å²) < 4.78 is 10.9. The van der Waals surface area contributed by atoms with E-state index in [-0.39, 0.29) is 24.3 Å². The van der Waals surface area contributed by atoms with Crippen molar-refractivity contribution in [3.8, 4) is 22.6 Å². The molecule has 0 amide bonds. The van der Waals surface area contributed by atoms with Gasteiger partial charge in [0.25, 0.3) is 0 Å². The van der Waals surface area contributed by atoms with Crippen LogP contribution in [-0.2, 0) is 9.59 Å². The number of ether oxygens (including phenoxy) is 2. The second kappa shape index (κ2) is 30.2. The third-order valence-electron chi connectivity index (χ3n) is 9.89. The molecule has 0 N–H and O–H groups in total. The lowest BCUT2D eigenvalue weighted by Crippen LogP contribution is -2.12. The van der Waals surface area contributed by atoms with E-state index in [2.05, 4.69) is 13.8 Å². The number of carbonyl (C=O) groups excluding carboxylic acids is 2. The molecule has 0 heterocycles. The lowest BCUT2D eigenvalue weighted by atomic mass is 10.0. The third-order valence-corrected chi connectivity index (χ3v) is 9.89. The minimum atomic E-state index is -0.403. The van der Waals surface area contributed by atoms with Gasteiger partial charge in [0, 0.05) is 12.8 Å². The summed E-state index contributed by atoms with van der Waals surface area (Å²) in [5, 5.41) is 0. The molecule has 0 aromatic heterocycles. The van der Waals surface area contributed by atoms with Gasteiger partial charge in [0.15, 0.2) is 11.5 Å². The Kier molecular flexibility index (Phi) is 26.1. The molecule has 0 spiro atoms. The Bertz CT molecular complexity index is 1260. The summed E-state index contributed by atoms with van der Waals surface area (Å²) in [6, 6.07) is 12.4. The normalized spacial score (nSPS) is 11.0. The number of carbonyl (C=O) groups is 2. The molecule has 0 radical (unpaired) electrons. The standard InChI is InChI=1S/C46H70O6/c1-3-5-7-9-11-13-15-17-19-21-23-25-27-29-45(49)51-43-37-33-39(31-35-41(43)47)40-32-36-42(48)44(38-34-40)52-46(50)30-28-26-24-22-20-18-16-14-12-10-8-6-4-2/h31-38H,3-30H2,1-2H3. The molecule has 0 saturated carbocycles. The van der Waals surface area contributed by atoms with Crippen molar-refractivity contribution in [1.29, 1.82) is 0 Å². The molecule has 0 aliphatic heterocycles. The molecule has 0 unspecified atom stereocenters. The van der Waals surface area contributed by atoms with E-state index < -0.39 is 22.8 Å². The van der Waals surface area contributed by atoms with Gasteiger partial charge in [0.2, 0.25) is 10.9 Å². The van der Waals surface area contributed by atoms with Crippen LogP contribution in [0, 0.1) is 0 Å². The van der Waals surface area contributed by atoms with Crippen LogP contribution in [0.3, 0.4) is 0 Å². The highest BCUT2D eigenvalue weighted by Crippen LogP contribution is 2.20. The van der Waals surface area contributed by atoms with Crippen LogP contribution in [0.1, 0.15) is 194 Å². The first kappa shape index (κ1) is 44.9. The molecule has 0 atom stereocenters. The Labute approximate surface area is 315 Å². The van der Waals surface area contributed by atoms with E-state index in [4.69, 9.17) is 9.47 Å². The zero-order chi connectivity index (χ0) is 37.5. The number of unbranched alkanes of at least 4 members (excludes halogenated alkanes) is 24. The maximum Gasteiger partial charge on any atom is 0.311 e. The van der Waals surface area contributed by atoms with Crippen molar-refractivity contribution in [1.82, 2.24) is 0 Å². The molecule has 0 aliphatic rings. The van der Waals surface area contributed by atoms with Crippen LogP contribution in [0.25, 0.3) is 11.1 Å². The average molecular weight is 719 g/mol.